The van der Waals surface area contributed by atoms with E-state index >= 15 is 0 Å². The van der Waals surface area contributed by atoms with Crippen molar-refractivity contribution >= 4 is 16.8 Å². The topological polar surface area (TPSA) is 67.5 Å². The van der Waals surface area contributed by atoms with Gasteiger partial charge in [0.15, 0.2) is 0 Å². The van der Waals surface area contributed by atoms with Crippen LogP contribution in [0.5, 0.6) is 0 Å². The van der Waals surface area contributed by atoms with E-state index in [9.17, 15) is 4.79 Å². The van der Waals surface area contributed by atoms with Gasteiger partial charge in [-0.2, -0.15) is 5.10 Å². The minimum Gasteiger partial charge on any atom is -0.381 e. The quantitative estimate of drug-likeness (QED) is 0.914. The molecule has 6 heteroatoms. The Labute approximate surface area is 141 Å². The van der Waals surface area contributed by atoms with Gasteiger partial charge in [-0.25, -0.2) is 0 Å². The van der Waals surface area contributed by atoms with E-state index in [1.54, 1.807) is 0 Å². The first kappa shape index (κ1) is 15.6. The third-order valence-corrected chi connectivity index (χ3v) is 5.23. The summed E-state index contributed by atoms with van der Waals surface area (Å²) in [6, 6.07) is 7.88. The molecule has 1 aromatic heterocycles. The van der Waals surface area contributed by atoms with E-state index in [1.165, 1.54) is 0 Å². The Bertz CT molecular complexity index is 721. The average molecular weight is 329 g/mol. The number of nitrogens with one attached hydrogen (secondary N) is 1. The molecule has 3 heterocycles. The normalized spacial score (nSPS) is 21.1. The summed E-state index contributed by atoms with van der Waals surface area (Å²) in [6.45, 7) is 3.54. The van der Waals surface area contributed by atoms with E-state index < -0.39 is 0 Å². The Kier molecular flexibility index (Phi) is 4.24. The first-order valence-corrected chi connectivity index (χ1v) is 8.67. The van der Waals surface area contributed by atoms with E-state index in [2.05, 4.69) is 10.2 Å². The van der Waals surface area contributed by atoms with Crippen LogP contribution < -0.4 is 0 Å². The van der Waals surface area contributed by atoms with Gasteiger partial charge in [0, 0.05) is 31.7 Å². The van der Waals surface area contributed by atoms with Gasteiger partial charge in [-0.15, -0.1) is 0 Å². The average Bonchev–Trinajstić information content (AvgIpc) is 2.90. The lowest BCUT2D eigenvalue weighted by Crippen LogP contribution is -2.40. The standard InChI is InChI=1S/C18H23N3O3/c22-17(13-16-14-3-1-2-4-15(14)19-20-16)21-8-5-18(24-12-9-21)6-10-23-11-7-18/h1-4H,5-13H2,(H,19,20). The van der Waals surface area contributed by atoms with E-state index in [-0.39, 0.29) is 11.5 Å². The summed E-state index contributed by atoms with van der Waals surface area (Å²) >= 11 is 0. The van der Waals surface area contributed by atoms with Gasteiger partial charge in [0.05, 0.1) is 29.8 Å². The number of hydrogen-bond acceptors (Lipinski definition) is 4. The zero-order chi connectivity index (χ0) is 16.4. The smallest absolute Gasteiger partial charge is 0.228 e. The van der Waals surface area contributed by atoms with Gasteiger partial charge >= 0.3 is 0 Å². The van der Waals surface area contributed by atoms with Gasteiger partial charge in [0.1, 0.15) is 0 Å². The van der Waals surface area contributed by atoms with Gasteiger partial charge in [-0.05, 0) is 25.3 Å². The van der Waals surface area contributed by atoms with E-state index in [4.69, 9.17) is 9.47 Å². The lowest BCUT2D eigenvalue weighted by molar-refractivity contribution is -0.130. The number of rotatable bonds is 2. The van der Waals surface area contributed by atoms with Crippen LogP contribution in [0.2, 0.25) is 0 Å². The minimum absolute atomic E-state index is 0.0893. The zero-order valence-corrected chi connectivity index (χ0v) is 13.8. The van der Waals surface area contributed by atoms with Crippen molar-refractivity contribution in [2.45, 2.75) is 31.3 Å². The highest BCUT2D eigenvalue weighted by Gasteiger charge is 2.36. The van der Waals surface area contributed by atoms with Crippen LogP contribution in [0, 0.1) is 0 Å². The molecule has 24 heavy (non-hydrogen) atoms. The SMILES string of the molecule is O=C(Cc1[nH]nc2ccccc12)N1CCOC2(CCOCC2)CC1. The molecule has 2 aliphatic heterocycles. The number of amides is 1. The molecule has 4 rings (SSSR count). The molecule has 1 aromatic carbocycles. The summed E-state index contributed by atoms with van der Waals surface area (Å²) in [5.74, 6) is 0.136. The number of nitrogens with zero attached hydrogens (tertiary/aromatic N) is 2. The molecule has 0 bridgehead atoms. The lowest BCUT2D eigenvalue weighted by Gasteiger charge is -2.35. The highest BCUT2D eigenvalue weighted by molar-refractivity contribution is 5.87. The van der Waals surface area contributed by atoms with E-state index in [0.29, 0.717) is 19.6 Å². The van der Waals surface area contributed by atoms with Crippen molar-refractivity contribution < 1.29 is 14.3 Å². The number of fused-ring (bicyclic) bond motifs is 1. The second kappa shape index (κ2) is 6.53. The maximum absolute atomic E-state index is 12.7. The van der Waals surface area contributed by atoms with Crippen molar-refractivity contribution in [2.75, 3.05) is 32.9 Å². The van der Waals surface area contributed by atoms with Crippen LogP contribution in [-0.4, -0.2) is 59.5 Å². The first-order valence-electron chi connectivity index (χ1n) is 8.67. The maximum atomic E-state index is 12.7. The third-order valence-electron chi connectivity index (χ3n) is 5.23. The molecule has 0 aliphatic carbocycles. The molecule has 2 saturated heterocycles. The summed E-state index contributed by atoms with van der Waals surface area (Å²) in [6.07, 6.45) is 3.11. The number of para-hydroxylation sites is 1. The van der Waals surface area contributed by atoms with Crippen molar-refractivity contribution in [2.24, 2.45) is 0 Å². The van der Waals surface area contributed by atoms with Gasteiger partial charge in [0.25, 0.3) is 0 Å². The predicted octanol–water partition coefficient (Wildman–Crippen LogP) is 1.90. The lowest BCUT2D eigenvalue weighted by atomic mass is 9.90. The molecular weight excluding hydrogens is 306 g/mol. The van der Waals surface area contributed by atoms with Crippen molar-refractivity contribution in [1.82, 2.24) is 15.1 Å². The van der Waals surface area contributed by atoms with Gasteiger partial charge in [0.2, 0.25) is 5.91 Å². The molecule has 0 radical (unpaired) electrons. The fourth-order valence-corrected chi connectivity index (χ4v) is 3.69. The number of aromatic nitrogens is 2. The largest absolute Gasteiger partial charge is 0.381 e. The molecule has 128 valence electrons. The first-order chi connectivity index (χ1) is 11.8. The fraction of sp³-hybridized carbons (Fsp3) is 0.556. The molecule has 1 amide bonds. The molecule has 2 fully saturated rings. The number of aromatic amines is 1. The second-order valence-corrected chi connectivity index (χ2v) is 6.67. The molecular formula is C18H23N3O3. The number of benzene rings is 1. The van der Waals surface area contributed by atoms with Crippen LogP contribution in [0.25, 0.3) is 10.9 Å². The Morgan fingerprint density at radius 2 is 2.00 bits per heavy atom. The highest BCUT2D eigenvalue weighted by atomic mass is 16.5. The summed E-state index contributed by atoms with van der Waals surface area (Å²) in [5, 5.41) is 8.31. The minimum atomic E-state index is -0.0893. The van der Waals surface area contributed by atoms with E-state index in [0.717, 1.165) is 55.6 Å². The molecule has 2 aliphatic rings. The summed E-state index contributed by atoms with van der Waals surface area (Å²) in [4.78, 5) is 14.7. The van der Waals surface area contributed by atoms with Crippen LogP contribution in [0.4, 0.5) is 0 Å². The van der Waals surface area contributed by atoms with Crippen molar-refractivity contribution in [1.29, 1.82) is 0 Å². The van der Waals surface area contributed by atoms with Crippen molar-refractivity contribution in [3.05, 3.63) is 30.0 Å². The third kappa shape index (κ3) is 3.03. The number of carbonyl (C=O) groups excluding carboxylic acids is 1. The molecule has 0 saturated carbocycles. The van der Waals surface area contributed by atoms with Gasteiger partial charge in [-0.3, -0.25) is 9.89 Å². The van der Waals surface area contributed by atoms with Crippen molar-refractivity contribution in [3.63, 3.8) is 0 Å². The highest BCUT2D eigenvalue weighted by Crippen LogP contribution is 2.31. The summed E-state index contributed by atoms with van der Waals surface area (Å²) < 4.78 is 11.6. The number of hydrogen-bond donors (Lipinski definition) is 1. The monoisotopic (exact) mass is 329 g/mol. The maximum Gasteiger partial charge on any atom is 0.228 e. The molecule has 2 aromatic rings. The van der Waals surface area contributed by atoms with Gasteiger partial charge < -0.3 is 14.4 Å². The molecule has 1 N–H and O–H groups in total. The van der Waals surface area contributed by atoms with Crippen LogP contribution >= 0.6 is 0 Å². The van der Waals surface area contributed by atoms with Crippen molar-refractivity contribution in [3.8, 4) is 0 Å². The van der Waals surface area contributed by atoms with E-state index in [1.807, 2.05) is 29.2 Å². The van der Waals surface area contributed by atoms with Crippen LogP contribution in [0.3, 0.4) is 0 Å². The van der Waals surface area contributed by atoms with Crippen LogP contribution in [-0.2, 0) is 20.7 Å². The summed E-state index contributed by atoms with van der Waals surface area (Å²) in [5.41, 5.74) is 1.70. The molecule has 0 atom stereocenters. The van der Waals surface area contributed by atoms with Crippen LogP contribution in [0.1, 0.15) is 25.0 Å². The molecule has 6 nitrogen and oxygen atoms in total. The Hall–Kier alpha value is -1.92. The zero-order valence-electron chi connectivity index (χ0n) is 13.8. The fourth-order valence-electron chi connectivity index (χ4n) is 3.69. The Balaban J connectivity index is 1.43. The Morgan fingerprint density at radius 3 is 2.88 bits per heavy atom. The second-order valence-electron chi connectivity index (χ2n) is 6.67. The Morgan fingerprint density at radius 1 is 1.17 bits per heavy atom. The number of ether oxygens (including phenoxy) is 2. The summed E-state index contributed by atoms with van der Waals surface area (Å²) in [7, 11) is 0. The molecule has 1 spiro atoms. The molecule has 0 unspecified atom stereocenters. The predicted molar refractivity (Wildman–Crippen MR) is 89.7 cm³/mol. The van der Waals surface area contributed by atoms with Crippen LogP contribution in [0.15, 0.2) is 24.3 Å². The number of carbonyl (C=O) groups is 1. The van der Waals surface area contributed by atoms with Gasteiger partial charge in [-0.1, -0.05) is 18.2 Å². The number of H-pyrrole nitrogens is 1.